The molecule has 0 bridgehead atoms. The number of halogens is 2. The van der Waals surface area contributed by atoms with Gasteiger partial charge in [0.25, 0.3) is 0 Å². The second-order valence-electron chi connectivity index (χ2n) is 7.69. The van der Waals surface area contributed by atoms with Crippen LogP contribution in [0.2, 0.25) is 0 Å². The van der Waals surface area contributed by atoms with Crippen LogP contribution in [0.25, 0.3) is 16.9 Å². The van der Waals surface area contributed by atoms with E-state index in [1.54, 1.807) is 22.9 Å². The Balaban J connectivity index is 1.50. The van der Waals surface area contributed by atoms with Crippen molar-refractivity contribution in [3.8, 4) is 16.9 Å². The summed E-state index contributed by atoms with van der Waals surface area (Å²) >= 11 is 0. The van der Waals surface area contributed by atoms with Gasteiger partial charge in [0.15, 0.2) is 0 Å². The number of hydrogen-bond acceptors (Lipinski definition) is 2. The van der Waals surface area contributed by atoms with Gasteiger partial charge in [-0.25, -0.2) is 13.5 Å². The Labute approximate surface area is 185 Å². The Morgan fingerprint density at radius 1 is 0.938 bits per heavy atom. The Bertz CT molecular complexity index is 1230. The van der Waals surface area contributed by atoms with Crippen LogP contribution >= 0.6 is 0 Å². The molecular formula is C26H23F2N3O. The number of rotatable bonds is 7. The molecule has 0 saturated carbocycles. The molecule has 1 aromatic heterocycles. The fraction of sp³-hybridized carbons (Fsp3) is 0.154. The molecule has 4 aromatic rings. The molecule has 0 aliphatic carbocycles. The van der Waals surface area contributed by atoms with Crippen molar-refractivity contribution in [1.29, 1.82) is 0 Å². The van der Waals surface area contributed by atoms with Crippen LogP contribution in [0.1, 0.15) is 23.2 Å². The maximum absolute atomic E-state index is 13.8. The highest BCUT2D eigenvalue weighted by Crippen LogP contribution is 2.25. The standard InChI is InChI=1S/C26H23F2N3O/c1-18-8-11-24(12-9-18)31-25(20-5-3-7-22(28)15-20)16-23(30-31)10-13-26(32)29-17-19-4-2-6-21(27)14-19/h2-9,11-12,14-16H,10,13,17H2,1H3,(H,29,32). The van der Waals surface area contributed by atoms with E-state index >= 15 is 0 Å². The zero-order valence-electron chi connectivity index (χ0n) is 17.7. The van der Waals surface area contributed by atoms with Gasteiger partial charge in [0.05, 0.1) is 17.1 Å². The molecule has 0 saturated heterocycles. The van der Waals surface area contributed by atoms with Gasteiger partial charge in [0.2, 0.25) is 5.91 Å². The third kappa shape index (κ3) is 5.27. The number of aryl methyl sites for hydroxylation is 2. The van der Waals surface area contributed by atoms with Crippen LogP contribution in [0.3, 0.4) is 0 Å². The third-order valence-corrected chi connectivity index (χ3v) is 5.15. The van der Waals surface area contributed by atoms with Crippen LogP contribution in [-0.4, -0.2) is 15.7 Å². The number of benzene rings is 3. The lowest BCUT2D eigenvalue weighted by atomic mass is 10.1. The van der Waals surface area contributed by atoms with Crippen molar-refractivity contribution in [3.63, 3.8) is 0 Å². The van der Waals surface area contributed by atoms with Crippen molar-refractivity contribution in [1.82, 2.24) is 15.1 Å². The molecule has 0 unspecified atom stereocenters. The van der Waals surface area contributed by atoms with Crippen molar-refractivity contribution in [3.05, 3.63) is 107 Å². The topological polar surface area (TPSA) is 46.9 Å². The summed E-state index contributed by atoms with van der Waals surface area (Å²) in [6.45, 7) is 2.27. The molecule has 162 valence electrons. The fourth-order valence-corrected chi connectivity index (χ4v) is 3.47. The number of carbonyl (C=O) groups excluding carboxylic acids is 1. The predicted molar refractivity (Wildman–Crippen MR) is 120 cm³/mol. The highest BCUT2D eigenvalue weighted by Gasteiger charge is 2.14. The SMILES string of the molecule is Cc1ccc(-n2nc(CCC(=O)NCc3cccc(F)c3)cc2-c2cccc(F)c2)cc1. The highest BCUT2D eigenvalue weighted by molar-refractivity contribution is 5.76. The van der Waals surface area contributed by atoms with Crippen molar-refractivity contribution in [2.45, 2.75) is 26.3 Å². The third-order valence-electron chi connectivity index (χ3n) is 5.15. The zero-order valence-corrected chi connectivity index (χ0v) is 17.7. The molecule has 4 rings (SSSR count). The minimum atomic E-state index is -0.330. The van der Waals surface area contributed by atoms with Gasteiger partial charge in [-0.3, -0.25) is 4.79 Å². The molecule has 0 fully saturated rings. The first-order valence-corrected chi connectivity index (χ1v) is 10.4. The highest BCUT2D eigenvalue weighted by atomic mass is 19.1. The van der Waals surface area contributed by atoms with Crippen LogP contribution in [0.4, 0.5) is 8.78 Å². The summed E-state index contributed by atoms with van der Waals surface area (Å²) in [4.78, 5) is 12.3. The Morgan fingerprint density at radius 2 is 1.66 bits per heavy atom. The smallest absolute Gasteiger partial charge is 0.220 e. The molecule has 0 radical (unpaired) electrons. The molecule has 0 aliphatic rings. The first-order chi connectivity index (χ1) is 15.5. The summed E-state index contributed by atoms with van der Waals surface area (Å²) in [6.07, 6.45) is 0.666. The molecule has 0 aliphatic heterocycles. The average Bonchev–Trinajstić information content (AvgIpc) is 3.21. The van der Waals surface area contributed by atoms with E-state index in [0.717, 1.165) is 22.6 Å². The Kier molecular flexibility index (Phi) is 6.40. The maximum atomic E-state index is 13.8. The Hall–Kier alpha value is -3.80. The van der Waals surface area contributed by atoms with E-state index in [4.69, 9.17) is 0 Å². The maximum Gasteiger partial charge on any atom is 0.220 e. The molecule has 4 nitrogen and oxygen atoms in total. The summed E-state index contributed by atoms with van der Waals surface area (Å²) in [5.41, 5.74) is 4.88. The lowest BCUT2D eigenvalue weighted by molar-refractivity contribution is -0.121. The van der Waals surface area contributed by atoms with Gasteiger partial charge >= 0.3 is 0 Å². The van der Waals surface area contributed by atoms with E-state index in [-0.39, 0.29) is 30.5 Å². The molecule has 1 heterocycles. The number of amides is 1. The number of hydrogen-bond donors (Lipinski definition) is 1. The van der Waals surface area contributed by atoms with Crippen molar-refractivity contribution < 1.29 is 13.6 Å². The number of nitrogens with zero attached hydrogens (tertiary/aromatic N) is 2. The molecule has 1 N–H and O–H groups in total. The van der Waals surface area contributed by atoms with Crippen LogP contribution < -0.4 is 5.32 Å². The predicted octanol–water partition coefficient (Wildman–Crippen LogP) is 5.37. The molecule has 6 heteroatoms. The zero-order chi connectivity index (χ0) is 22.5. The summed E-state index contributed by atoms with van der Waals surface area (Å²) in [6, 6.07) is 22.3. The van der Waals surface area contributed by atoms with Gasteiger partial charge in [-0.05, 0) is 55.0 Å². The van der Waals surface area contributed by atoms with Crippen molar-refractivity contribution in [2.24, 2.45) is 0 Å². The average molecular weight is 431 g/mol. The van der Waals surface area contributed by atoms with E-state index in [0.29, 0.717) is 17.5 Å². The van der Waals surface area contributed by atoms with Gasteiger partial charge in [0, 0.05) is 24.9 Å². The lowest BCUT2D eigenvalue weighted by Crippen LogP contribution is -2.23. The van der Waals surface area contributed by atoms with Gasteiger partial charge in [-0.1, -0.05) is 42.0 Å². The molecule has 1 amide bonds. The monoisotopic (exact) mass is 431 g/mol. The minimum absolute atomic E-state index is 0.147. The van der Waals surface area contributed by atoms with E-state index in [9.17, 15) is 13.6 Å². The molecule has 0 spiro atoms. The lowest BCUT2D eigenvalue weighted by Gasteiger charge is -2.08. The number of aromatic nitrogens is 2. The summed E-state index contributed by atoms with van der Waals surface area (Å²) in [7, 11) is 0. The van der Waals surface area contributed by atoms with Crippen molar-refractivity contribution >= 4 is 5.91 Å². The van der Waals surface area contributed by atoms with E-state index in [2.05, 4.69) is 10.4 Å². The van der Waals surface area contributed by atoms with Gasteiger partial charge in [-0.2, -0.15) is 5.10 Å². The van der Waals surface area contributed by atoms with E-state index in [1.807, 2.05) is 43.3 Å². The van der Waals surface area contributed by atoms with E-state index < -0.39 is 0 Å². The summed E-state index contributed by atoms with van der Waals surface area (Å²) < 4.78 is 28.9. The fourth-order valence-electron chi connectivity index (χ4n) is 3.47. The van der Waals surface area contributed by atoms with Gasteiger partial charge in [-0.15, -0.1) is 0 Å². The van der Waals surface area contributed by atoms with Crippen LogP contribution in [0.15, 0.2) is 78.9 Å². The number of carbonyl (C=O) groups is 1. The second-order valence-corrected chi connectivity index (χ2v) is 7.69. The van der Waals surface area contributed by atoms with Gasteiger partial charge in [0.1, 0.15) is 11.6 Å². The summed E-state index contributed by atoms with van der Waals surface area (Å²) in [5, 5.41) is 7.49. The molecule has 32 heavy (non-hydrogen) atoms. The van der Waals surface area contributed by atoms with Crippen molar-refractivity contribution in [2.75, 3.05) is 0 Å². The van der Waals surface area contributed by atoms with Crippen LogP contribution in [0.5, 0.6) is 0 Å². The van der Waals surface area contributed by atoms with Crippen LogP contribution in [0, 0.1) is 18.6 Å². The second kappa shape index (κ2) is 9.56. The van der Waals surface area contributed by atoms with Crippen LogP contribution in [-0.2, 0) is 17.8 Å². The normalized spacial score (nSPS) is 10.8. The van der Waals surface area contributed by atoms with Gasteiger partial charge < -0.3 is 5.32 Å². The summed E-state index contributed by atoms with van der Waals surface area (Å²) in [5.74, 6) is -0.799. The largest absolute Gasteiger partial charge is 0.352 e. The quantitative estimate of drug-likeness (QED) is 0.427. The van der Waals surface area contributed by atoms with E-state index in [1.165, 1.54) is 24.3 Å². The molecular weight excluding hydrogens is 408 g/mol. The first kappa shape index (κ1) is 21.4. The number of nitrogens with one attached hydrogen (secondary N) is 1. The molecule has 0 atom stereocenters. The first-order valence-electron chi connectivity index (χ1n) is 10.4. The molecule has 3 aromatic carbocycles. The Morgan fingerprint density at radius 3 is 2.38 bits per heavy atom. The minimum Gasteiger partial charge on any atom is -0.352 e.